The van der Waals surface area contributed by atoms with Crippen LogP contribution in [0.4, 0.5) is 11.6 Å². The number of methoxy groups -OCH3 is 1. The van der Waals surface area contributed by atoms with E-state index in [-0.39, 0.29) is 11.8 Å². The zero-order chi connectivity index (χ0) is 28.5. The lowest BCUT2D eigenvalue weighted by Gasteiger charge is -2.32. The number of carbonyl (C=O) groups is 2. The number of pyridine rings is 1. The Labute approximate surface area is 233 Å². The number of hydrogen-bond acceptors (Lipinski definition) is 7. The van der Waals surface area contributed by atoms with E-state index in [2.05, 4.69) is 43.1 Å². The minimum atomic E-state index is -0.216. The van der Waals surface area contributed by atoms with Crippen LogP contribution in [-0.2, 0) is 9.53 Å². The molecule has 1 unspecified atom stereocenters. The lowest BCUT2D eigenvalue weighted by Crippen LogP contribution is -2.21. The van der Waals surface area contributed by atoms with Gasteiger partial charge >= 0.3 is 0 Å². The quantitative estimate of drug-likeness (QED) is 0.279. The second-order valence-electron chi connectivity index (χ2n) is 9.60. The molecule has 1 saturated carbocycles. The highest BCUT2D eigenvalue weighted by Gasteiger charge is 2.31. The number of benzene rings is 1. The molecule has 5 rings (SSSR count). The summed E-state index contributed by atoms with van der Waals surface area (Å²) in [6, 6.07) is 12.8. The van der Waals surface area contributed by atoms with E-state index in [9.17, 15) is 9.59 Å². The Balaban J connectivity index is 0.000000406. The molecule has 3 aromatic heterocycles. The molecule has 10 heteroatoms. The number of nitrogens with zero attached hydrogens (tertiary/aromatic N) is 5. The van der Waals surface area contributed by atoms with Crippen molar-refractivity contribution in [3.8, 4) is 11.3 Å². The number of hydrogen-bond donors (Lipinski definition) is 2. The maximum absolute atomic E-state index is 12.6. The molecule has 10 nitrogen and oxygen atoms in total. The van der Waals surface area contributed by atoms with Gasteiger partial charge in [0.25, 0.3) is 5.91 Å². The van der Waals surface area contributed by atoms with Gasteiger partial charge in [-0.05, 0) is 56.2 Å². The largest absolute Gasteiger partial charge is 0.384 e. The SMILES string of the molecule is C=NC(=O)CCOC.CCC(c1nc(-c2ccc(C(=O)Nc3ccccn3)cc2)c2c(N)nccn12)C1CCC1. The van der Waals surface area contributed by atoms with Crippen LogP contribution >= 0.6 is 0 Å². The Morgan fingerprint density at radius 1 is 1.18 bits per heavy atom. The van der Waals surface area contributed by atoms with E-state index in [1.807, 2.05) is 30.5 Å². The lowest BCUT2D eigenvalue weighted by molar-refractivity contribution is -0.118. The molecular weight excluding hydrogens is 506 g/mol. The number of aliphatic imine (C=N–C) groups is 1. The summed E-state index contributed by atoms with van der Waals surface area (Å²) in [5.74, 6) is 2.68. The number of ether oxygens (including phenoxy) is 1. The highest BCUT2D eigenvalue weighted by atomic mass is 16.5. The average molecular weight is 542 g/mol. The van der Waals surface area contributed by atoms with E-state index in [0.717, 1.165) is 29.0 Å². The number of amides is 2. The van der Waals surface area contributed by atoms with E-state index < -0.39 is 0 Å². The zero-order valence-corrected chi connectivity index (χ0v) is 22.9. The second-order valence-corrected chi connectivity index (χ2v) is 9.60. The molecule has 4 aromatic rings. The van der Waals surface area contributed by atoms with Crippen LogP contribution in [0.2, 0.25) is 0 Å². The van der Waals surface area contributed by atoms with Crippen molar-refractivity contribution < 1.29 is 14.3 Å². The van der Waals surface area contributed by atoms with E-state index in [1.165, 1.54) is 26.4 Å². The number of nitrogen functional groups attached to an aromatic ring is 1. The summed E-state index contributed by atoms with van der Waals surface area (Å²) in [6.45, 7) is 5.71. The highest BCUT2D eigenvalue weighted by Crippen LogP contribution is 2.42. The van der Waals surface area contributed by atoms with Crippen LogP contribution in [-0.4, -0.2) is 51.6 Å². The van der Waals surface area contributed by atoms with Crippen LogP contribution in [0.25, 0.3) is 16.8 Å². The molecule has 0 bridgehead atoms. The van der Waals surface area contributed by atoms with Gasteiger partial charge in [0.2, 0.25) is 5.91 Å². The topological polar surface area (TPSA) is 137 Å². The van der Waals surface area contributed by atoms with Gasteiger partial charge in [0, 0.05) is 42.7 Å². The van der Waals surface area contributed by atoms with Gasteiger partial charge in [0.15, 0.2) is 0 Å². The Kier molecular flexibility index (Phi) is 9.69. The molecule has 208 valence electrons. The summed E-state index contributed by atoms with van der Waals surface area (Å²) < 4.78 is 6.71. The van der Waals surface area contributed by atoms with Crippen LogP contribution in [0.15, 0.2) is 66.0 Å². The van der Waals surface area contributed by atoms with Crippen LogP contribution in [0.5, 0.6) is 0 Å². The van der Waals surface area contributed by atoms with E-state index >= 15 is 0 Å². The molecule has 1 atom stereocenters. The van der Waals surface area contributed by atoms with Crippen molar-refractivity contribution in [1.82, 2.24) is 19.4 Å². The Morgan fingerprint density at radius 2 is 1.95 bits per heavy atom. The summed E-state index contributed by atoms with van der Waals surface area (Å²) in [7, 11) is 1.54. The lowest BCUT2D eigenvalue weighted by atomic mass is 9.74. The Hall–Kier alpha value is -4.44. The molecule has 2 amide bonds. The summed E-state index contributed by atoms with van der Waals surface area (Å²) in [6.07, 6.45) is 10.5. The van der Waals surface area contributed by atoms with Gasteiger partial charge in [0.05, 0.1) is 13.0 Å². The van der Waals surface area contributed by atoms with Crippen LogP contribution in [0.3, 0.4) is 0 Å². The van der Waals surface area contributed by atoms with Crippen LogP contribution < -0.4 is 11.1 Å². The summed E-state index contributed by atoms with van der Waals surface area (Å²) in [5.41, 5.74) is 9.38. The first kappa shape index (κ1) is 28.6. The number of nitrogens with two attached hydrogens (primary N) is 1. The van der Waals surface area contributed by atoms with Gasteiger partial charge in [-0.3, -0.25) is 14.0 Å². The molecule has 1 aliphatic rings. The van der Waals surface area contributed by atoms with Gasteiger partial charge in [0.1, 0.15) is 28.7 Å². The average Bonchev–Trinajstić information content (AvgIpc) is 3.35. The smallest absolute Gasteiger partial charge is 0.256 e. The van der Waals surface area contributed by atoms with E-state index in [4.69, 9.17) is 10.7 Å². The van der Waals surface area contributed by atoms with Crippen molar-refractivity contribution in [2.45, 2.75) is 44.9 Å². The molecule has 3 heterocycles. The standard InChI is InChI=1S/C25H26N6O.C5H9NO2/c1-2-19(16-6-5-7-16)24-30-21(22-23(26)28-14-15-31(22)24)17-9-11-18(12-10-17)25(32)29-20-8-3-4-13-27-20;1-6-5(7)3-4-8-2/h3-4,8-16,19H,2,5-7H2,1H3,(H2,26,28)(H,27,29,32);1,3-4H2,2H3. The molecule has 3 N–H and O–H groups in total. The third kappa shape index (κ3) is 6.58. The molecule has 1 fully saturated rings. The second kappa shape index (κ2) is 13.6. The molecule has 0 spiro atoms. The predicted octanol–water partition coefficient (Wildman–Crippen LogP) is 5.17. The number of fused-ring (bicyclic) bond motifs is 1. The number of imidazole rings is 1. The minimum Gasteiger partial charge on any atom is -0.384 e. The van der Waals surface area contributed by atoms with E-state index in [1.54, 1.807) is 30.6 Å². The van der Waals surface area contributed by atoms with Crippen molar-refractivity contribution in [3.63, 3.8) is 0 Å². The van der Waals surface area contributed by atoms with Gasteiger partial charge in [-0.1, -0.05) is 31.5 Å². The van der Waals surface area contributed by atoms with Crippen molar-refractivity contribution in [2.75, 3.05) is 24.8 Å². The third-order valence-electron chi connectivity index (χ3n) is 7.12. The van der Waals surface area contributed by atoms with Crippen LogP contribution in [0.1, 0.15) is 61.1 Å². The molecule has 0 saturated heterocycles. The first-order valence-electron chi connectivity index (χ1n) is 13.4. The molecule has 1 aromatic carbocycles. The minimum absolute atomic E-state index is 0.206. The fraction of sp³-hybridized carbons (Fsp3) is 0.333. The number of aromatic nitrogens is 4. The Bertz CT molecular complexity index is 1450. The van der Waals surface area contributed by atoms with Crippen LogP contribution in [0, 0.1) is 5.92 Å². The zero-order valence-electron chi connectivity index (χ0n) is 22.9. The maximum Gasteiger partial charge on any atom is 0.256 e. The maximum atomic E-state index is 12.6. The monoisotopic (exact) mass is 541 g/mol. The summed E-state index contributed by atoms with van der Waals surface area (Å²) >= 11 is 0. The van der Waals surface area contributed by atoms with Crippen molar-refractivity contribution >= 4 is 35.7 Å². The molecule has 0 aliphatic heterocycles. The van der Waals surface area contributed by atoms with Crippen molar-refractivity contribution in [2.24, 2.45) is 10.9 Å². The fourth-order valence-corrected chi connectivity index (χ4v) is 4.79. The summed E-state index contributed by atoms with van der Waals surface area (Å²) in [5, 5.41) is 2.81. The number of nitrogens with one attached hydrogen (secondary N) is 1. The molecule has 40 heavy (non-hydrogen) atoms. The number of carbonyl (C=O) groups excluding carboxylic acids is 2. The third-order valence-corrected chi connectivity index (χ3v) is 7.12. The molecule has 1 aliphatic carbocycles. The first-order chi connectivity index (χ1) is 19.5. The Morgan fingerprint density at radius 3 is 2.55 bits per heavy atom. The predicted molar refractivity (Wildman–Crippen MR) is 156 cm³/mol. The number of rotatable bonds is 9. The number of anilines is 2. The van der Waals surface area contributed by atoms with Gasteiger partial charge < -0.3 is 15.8 Å². The first-order valence-corrected chi connectivity index (χ1v) is 13.4. The van der Waals surface area contributed by atoms with Gasteiger partial charge in [-0.15, -0.1) is 0 Å². The molecule has 0 radical (unpaired) electrons. The fourth-order valence-electron chi connectivity index (χ4n) is 4.79. The normalized spacial score (nSPS) is 13.6. The highest BCUT2D eigenvalue weighted by molar-refractivity contribution is 6.04. The van der Waals surface area contributed by atoms with Gasteiger partial charge in [-0.25, -0.2) is 19.9 Å². The van der Waals surface area contributed by atoms with E-state index in [0.29, 0.717) is 42.1 Å². The summed E-state index contributed by atoms with van der Waals surface area (Å²) in [4.78, 5) is 39.5. The van der Waals surface area contributed by atoms with Gasteiger partial charge in [-0.2, -0.15) is 0 Å². The van der Waals surface area contributed by atoms with Crippen molar-refractivity contribution in [1.29, 1.82) is 0 Å². The van der Waals surface area contributed by atoms with Crippen molar-refractivity contribution in [3.05, 3.63) is 72.4 Å². The molecular formula is C30H35N7O3.